The van der Waals surface area contributed by atoms with Crippen LogP contribution in [0.25, 0.3) is 0 Å². The zero-order chi connectivity index (χ0) is 13.1. The van der Waals surface area contributed by atoms with Gasteiger partial charge in [0.05, 0.1) is 0 Å². The second-order valence-electron chi connectivity index (χ2n) is 4.34. The number of carbonyl (C=O) groups excluding carboxylic acids is 2. The molecule has 96 valence electrons. The summed E-state index contributed by atoms with van der Waals surface area (Å²) < 4.78 is 0. The van der Waals surface area contributed by atoms with E-state index < -0.39 is 5.91 Å². The van der Waals surface area contributed by atoms with Gasteiger partial charge in [-0.2, -0.15) is 0 Å². The maximum Gasteiger partial charge on any atom is 0.249 e. The zero-order valence-corrected chi connectivity index (χ0v) is 10.3. The summed E-state index contributed by atoms with van der Waals surface area (Å²) >= 11 is 0. The fraction of sp³-hybridized carbons (Fsp3) is 0.385. The molecule has 0 aliphatic carbocycles. The van der Waals surface area contributed by atoms with E-state index in [0.29, 0.717) is 0 Å². The Morgan fingerprint density at radius 3 is 2.83 bits per heavy atom. The lowest BCUT2D eigenvalue weighted by Crippen LogP contribution is -2.39. The molecule has 1 atom stereocenters. The Hall–Kier alpha value is -1.88. The van der Waals surface area contributed by atoms with E-state index in [1.807, 2.05) is 31.2 Å². The van der Waals surface area contributed by atoms with Gasteiger partial charge in [0.2, 0.25) is 11.8 Å². The molecule has 1 aliphatic rings. The van der Waals surface area contributed by atoms with Crippen LogP contribution < -0.4 is 16.0 Å². The first kappa shape index (κ1) is 12.6. The van der Waals surface area contributed by atoms with E-state index in [2.05, 4.69) is 5.32 Å². The van der Waals surface area contributed by atoms with E-state index in [9.17, 15) is 9.59 Å². The Morgan fingerprint density at radius 1 is 1.44 bits per heavy atom. The third-order valence-corrected chi connectivity index (χ3v) is 2.96. The summed E-state index contributed by atoms with van der Waals surface area (Å²) in [5, 5.41) is 3.20. The molecule has 1 aliphatic heterocycles. The molecule has 0 aromatic heterocycles. The Balaban J connectivity index is 2.30. The number of nitrogens with zero attached hydrogens (tertiary/aromatic N) is 1. The fourth-order valence-corrected chi connectivity index (χ4v) is 2.19. The van der Waals surface area contributed by atoms with Crippen molar-refractivity contribution in [1.82, 2.24) is 5.32 Å². The van der Waals surface area contributed by atoms with Crippen LogP contribution in [-0.4, -0.2) is 24.9 Å². The van der Waals surface area contributed by atoms with Gasteiger partial charge in [-0.3, -0.25) is 9.59 Å². The van der Waals surface area contributed by atoms with Crippen molar-refractivity contribution < 1.29 is 9.59 Å². The average molecular weight is 247 g/mol. The first-order valence-electron chi connectivity index (χ1n) is 6.07. The van der Waals surface area contributed by atoms with Gasteiger partial charge in [-0.15, -0.1) is 0 Å². The first-order chi connectivity index (χ1) is 8.65. The largest absolute Gasteiger partial charge is 0.368 e. The molecule has 2 rings (SSSR count). The predicted octanol–water partition coefficient (Wildman–Crippen LogP) is 0.559. The van der Waals surface area contributed by atoms with Crippen LogP contribution in [0.2, 0.25) is 0 Å². The van der Waals surface area contributed by atoms with E-state index in [0.717, 1.165) is 24.2 Å². The molecule has 1 unspecified atom stereocenters. The van der Waals surface area contributed by atoms with Gasteiger partial charge >= 0.3 is 0 Å². The summed E-state index contributed by atoms with van der Waals surface area (Å²) in [6.45, 7) is 2.73. The third kappa shape index (κ3) is 2.22. The van der Waals surface area contributed by atoms with Crippen LogP contribution in [0.5, 0.6) is 0 Å². The molecule has 0 radical (unpaired) electrons. The number of primary amides is 1. The van der Waals surface area contributed by atoms with Gasteiger partial charge < -0.3 is 16.0 Å². The van der Waals surface area contributed by atoms with Crippen molar-refractivity contribution in [2.24, 2.45) is 5.73 Å². The van der Waals surface area contributed by atoms with E-state index in [1.54, 1.807) is 0 Å². The Bertz CT molecular complexity index is 473. The van der Waals surface area contributed by atoms with Crippen molar-refractivity contribution >= 4 is 17.5 Å². The van der Waals surface area contributed by atoms with Crippen LogP contribution in [-0.2, 0) is 9.59 Å². The second-order valence-corrected chi connectivity index (χ2v) is 4.34. The minimum Gasteiger partial charge on any atom is -0.368 e. The zero-order valence-electron chi connectivity index (χ0n) is 10.3. The number of benzene rings is 1. The standard InChI is InChI=1S/C13H17N3O2/c1-2-7-15-12-9-5-3-4-6-10(9)16(13(12)18)8-11(14)17/h3-6,12,15H,2,7-8H2,1H3,(H2,14,17). The fourth-order valence-electron chi connectivity index (χ4n) is 2.19. The Labute approximate surface area is 106 Å². The van der Waals surface area contributed by atoms with E-state index >= 15 is 0 Å². The number of carbonyl (C=O) groups is 2. The number of rotatable bonds is 5. The lowest BCUT2D eigenvalue weighted by atomic mass is 10.1. The minimum atomic E-state index is -0.505. The Kier molecular flexibility index (Phi) is 3.62. The van der Waals surface area contributed by atoms with E-state index in [4.69, 9.17) is 5.73 Å². The molecule has 5 nitrogen and oxygen atoms in total. The van der Waals surface area contributed by atoms with Gasteiger partial charge in [-0.05, 0) is 19.0 Å². The summed E-state index contributed by atoms with van der Waals surface area (Å²) in [6.07, 6.45) is 0.946. The number of amides is 2. The number of fused-ring (bicyclic) bond motifs is 1. The molecule has 2 amide bonds. The van der Waals surface area contributed by atoms with Crippen LogP contribution >= 0.6 is 0 Å². The summed E-state index contributed by atoms with van der Waals surface area (Å²) in [5.41, 5.74) is 6.87. The molecule has 1 aromatic carbocycles. The second kappa shape index (κ2) is 5.18. The first-order valence-corrected chi connectivity index (χ1v) is 6.07. The summed E-state index contributed by atoms with van der Waals surface area (Å²) in [7, 11) is 0. The summed E-state index contributed by atoms with van der Waals surface area (Å²) in [5.74, 6) is -0.613. The molecule has 0 fully saturated rings. The Morgan fingerprint density at radius 2 is 2.17 bits per heavy atom. The van der Waals surface area contributed by atoms with Crippen molar-refractivity contribution in [3.63, 3.8) is 0 Å². The van der Waals surface area contributed by atoms with Crippen LogP contribution in [0.15, 0.2) is 24.3 Å². The normalized spacial score (nSPS) is 17.9. The number of para-hydroxylation sites is 1. The highest BCUT2D eigenvalue weighted by Gasteiger charge is 2.36. The number of nitrogens with two attached hydrogens (primary N) is 1. The van der Waals surface area contributed by atoms with Gasteiger partial charge in [-0.1, -0.05) is 25.1 Å². The molecule has 18 heavy (non-hydrogen) atoms. The van der Waals surface area contributed by atoms with Crippen molar-refractivity contribution in [1.29, 1.82) is 0 Å². The number of hydrogen-bond donors (Lipinski definition) is 2. The molecule has 5 heteroatoms. The van der Waals surface area contributed by atoms with Crippen molar-refractivity contribution in [3.8, 4) is 0 Å². The monoisotopic (exact) mass is 247 g/mol. The highest BCUT2D eigenvalue weighted by Crippen LogP contribution is 2.35. The highest BCUT2D eigenvalue weighted by molar-refractivity contribution is 6.07. The predicted molar refractivity (Wildman–Crippen MR) is 69.0 cm³/mol. The number of hydrogen-bond acceptors (Lipinski definition) is 3. The topological polar surface area (TPSA) is 75.4 Å². The van der Waals surface area contributed by atoms with Crippen LogP contribution in [0.3, 0.4) is 0 Å². The quantitative estimate of drug-likeness (QED) is 0.798. The highest BCUT2D eigenvalue weighted by atomic mass is 16.2. The van der Waals surface area contributed by atoms with Gasteiger partial charge in [0.15, 0.2) is 0 Å². The van der Waals surface area contributed by atoms with Crippen molar-refractivity contribution in [3.05, 3.63) is 29.8 Å². The molecule has 0 bridgehead atoms. The molecule has 3 N–H and O–H groups in total. The molecule has 0 spiro atoms. The molecule has 0 saturated carbocycles. The third-order valence-electron chi connectivity index (χ3n) is 2.96. The van der Waals surface area contributed by atoms with Crippen molar-refractivity contribution in [2.45, 2.75) is 19.4 Å². The molecule has 1 aromatic rings. The molecule has 0 saturated heterocycles. The van der Waals surface area contributed by atoms with Crippen LogP contribution in [0, 0.1) is 0 Å². The van der Waals surface area contributed by atoms with E-state index in [1.165, 1.54) is 4.90 Å². The molecular weight excluding hydrogens is 230 g/mol. The SMILES string of the molecule is CCCNC1C(=O)N(CC(N)=O)c2ccccc21. The summed E-state index contributed by atoms with van der Waals surface area (Å²) in [6, 6.07) is 7.12. The molecular formula is C13H17N3O2. The van der Waals surface area contributed by atoms with Gasteiger partial charge in [0, 0.05) is 11.3 Å². The lowest BCUT2D eigenvalue weighted by molar-refractivity contribution is -0.123. The maximum absolute atomic E-state index is 12.3. The average Bonchev–Trinajstić information content (AvgIpc) is 2.60. The van der Waals surface area contributed by atoms with Gasteiger partial charge in [0.1, 0.15) is 12.6 Å². The van der Waals surface area contributed by atoms with E-state index in [-0.39, 0.29) is 18.5 Å². The van der Waals surface area contributed by atoms with Crippen LogP contribution in [0.1, 0.15) is 24.9 Å². The summed E-state index contributed by atoms with van der Waals surface area (Å²) in [4.78, 5) is 24.7. The molecule has 1 heterocycles. The van der Waals surface area contributed by atoms with Crippen LogP contribution in [0.4, 0.5) is 5.69 Å². The number of anilines is 1. The van der Waals surface area contributed by atoms with Crippen molar-refractivity contribution in [2.75, 3.05) is 18.0 Å². The smallest absolute Gasteiger partial charge is 0.249 e. The maximum atomic E-state index is 12.3. The minimum absolute atomic E-state index is 0.0693. The van der Waals surface area contributed by atoms with Gasteiger partial charge in [-0.25, -0.2) is 0 Å². The number of nitrogens with one attached hydrogen (secondary N) is 1. The lowest BCUT2D eigenvalue weighted by Gasteiger charge is -2.16. The van der Waals surface area contributed by atoms with Gasteiger partial charge in [0.25, 0.3) is 0 Å².